The number of halogens is 2. The van der Waals surface area contributed by atoms with Gasteiger partial charge in [-0.15, -0.1) is 0 Å². The van der Waals surface area contributed by atoms with Gasteiger partial charge in [0, 0.05) is 12.0 Å². The molecule has 2 aromatic rings. The summed E-state index contributed by atoms with van der Waals surface area (Å²) in [5.74, 6) is 1.65. The van der Waals surface area contributed by atoms with Crippen LogP contribution in [0.25, 0.3) is 0 Å². The van der Waals surface area contributed by atoms with E-state index < -0.39 is 0 Å². The van der Waals surface area contributed by atoms with Gasteiger partial charge in [-0.25, -0.2) is 4.98 Å². The van der Waals surface area contributed by atoms with Gasteiger partial charge in [-0.1, -0.05) is 42.3 Å². The molecule has 1 aromatic heterocycles. The molecule has 1 aromatic carbocycles. The zero-order valence-electron chi connectivity index (χ0n) is 10.1. The smallest absolute Gasteiger partial charge is 0.227 e. The molecule has 94 valence electrons. The summed E-state index contributed by atoms with van der Waals surface area (Å²) in [5.41, 5.74) is 0.703. The van der Waals surface area contributed by atoms with Crippen LogP contribution in [-0.2, 0) is 6.42 Å². The molecule has 18 heavy (non-hydrogen) atoms. The fourth-order valence-corrected chi connectivity index (χ4v) is 1.75. The van der Waals surface area contributed by atoms with E-state index in [0.717, 1.165) is 0 Å². The first kappa shape index (κ1) is 13.1. The van der Waals surface area contributed by atoms with Gasteiger partial charge >= 0.3 is 0 Å². The van der Waals surface area contributed by atoms with Crippen LogP contribution in [0.1, 0.15) is 18.3 Å². The number of aromatic nitrogens is 2. The van der Waals surface area contributed by atoms with Gasteiger partial charge in [-0.2, -0.15) is 4.98 Å². The van der Waals surface area contributed by atoms with E-state index in [2.05, 4.69) is 9.97 Å². The Bertz CT molecular complexity index is 573. The monoisotopic (exact) mass is 282 g/mol. The van der Waals surface area contributed by atoms with E-state index in [9.17, 15) is 0 Å². The molecule has 5 heteroatoms. The number of nitrogens with zero attached hydrogens (tertiary/aromatic N) is 2. The molecule has 0 N–H and O–H groups in total. The molecule has 0 atom stereocenters. The molecule has 1 heterocycles. The van der Waals surface area contributed by atoms with Crippen LogP contribution in [0.5, 0.6) is 11.6 Å². The SMILES string of the molecule is CCc1nc(Cl)c(C)c(Oc2ccccc2Cl)n1. The molecular weight excluding hydrogens is 271 g/mol. The molecule has 0 aliphatic rings. The number of hydrogen-bond acceptors (Lipinski definition) is 3. The standard InChI is InChI=1S/C13H12Cl2N2O/c1-3-11-16-12(15)8(2)13(17-11)18-10-7-5-4-6-9(10)14/h4-7H,3H2,1-2H3. The predicted octanol–water partition coefficient (Wildman–Crippen LogP) is 4.45. The minimum Gasteiger partial charge on any atom is -0.437 e. The third-order valence-electron chi connectivity index (χ3n) is 2.45. The van der Waals surface area contributed by atoms with E-state index in [0.29, 0.717) is 39.6 Å². The maximum Gasteiger partial charge on any atom is 0.227 e. The Balaban J connectivity index is 2.40. The molecule has 0 bridgehead atoms. The number of para-hydroxylation sites is 1. The van der Waals surface area contributed by atoms with Crippen molar-refractivity contribution in [1.82, 2.24) is 9.97 Å². The van der Waals surface area contributed by atoms with Crippen LogP contribution in [0.2, 0.25) is 10.2 Å². The summed E-state index contributed by atoms with van der Waals surface area (Å²) in [7, 11) is 0. The van der Waals surface area contributed by atoms with Crippen LogP contribution in [0, 0.1) is 6.92 Å². The molecule has 0 aliphatic heterocycles. The van der Waals surface area contributed by atoms with Crippen molar-refractivity contribution >= 4 is 23.2 Å². The Morgan fingerprint density at radius 3 is 2.56 bits per heavy atom. The van der Waals surface area contributed by atoms with Crippen LogP contribution in [0.4, 0.5) is 0 Å². The fourth-order valence-electron chi connectivity index (χ4n) is 1.40. The predicted molar refractivity (Wildman–Crippen MR) is 72.7 cm³/mol. The molecule has 0 radical (unpaired) electrons. The van der Waals surface area contributed by atoms with Gasteiger partial charge in [0.25, 0.3) is 0 Å². The van der Waals surface area contributed by atoms with Crippen molar-refractivity contribution in [3.8, 4) is 11.6 Å². The summed E-state index contributed by atoms with van der Waals surface area (Å²) in [6.45, 7) is 3.77. The van der Waals surface area contributed by atoms with Crippen LogP contribution >= 0.6 is 23.2 Å². The second-order valence-corrected chi connectivity index (χ2v) is 4.51. The van der Waals surface area contributed by atoms with E-state index in [4.69, 9.17) is 27.9 Å². The number of aryl methyl sites for hydroxylation is 1. The van der Waals surface area contributed by atoms with Crippen LogP contribution < -0.4 is 4.74 Å². The van der Waals surface area contributed by atoms with Crippen LogP contribution in [0.15, 0.2) is 24.3 Å². The van der Waals surface area contributed by atoms with Gasteiger partial charge in [-0.3, -0.25) is 0 Å². The fraction of sp³-hybridized carbons (Fsp3) is 0.231. The molecule has 0 spiro atoms. The highest BCUT2D eigenvalue weighted by atomic mass is 35.5. The summed E-state index contributed by atoms with van der Waals surface area (Å²) in [4.78, 5) is 8.47. The van der Waals surface area contributed by atoms with Gasteiger partial charge < -0.3 is 4.74 Å². The van der Waals surface area contributed by atoms with Gasteiger partial charge in [-0.05, 0) is 19.1 Å². The van der Waals surface area contributed by atoms with Crippen molar-refractivity contribution in [2.45, 2.75) is 20.3 Å². The molecule has 0 saturated carbocycles. The minimum absolute atomic E-state index is 0.406. The second-order valence-electron chi connectivity index (χ2n) is 3.75. The Morgan fingerprint density at radius 2 is 1.89 bits per heavy atom. The topological polar surface area (TPSA) is 35.0 Å². The molecule has 0 unspecified atom stereocenters. The number of rotatable bonds is 3. The molecular formula is C13H12Cl2N2O. The van der Waals surface area contributed by atoms with Crippen LogP contribution in [0.3, 0.4) is 0 Å². The third kappa shape index (κ3) is 2.74. The Hall–Kier alpha value is -1.32. The Morgan fingerprint density at radius 1 is 1.17 bits per heavy atom. The number of ether oxygens (including phenoxy) is 1. The lowest BCUT2D eigenvalue weighted by Crippen LogP contribution is -2.00. The van der Waals surface area contributed by atoms with Gasteiger partial charge in [0.1, 0.15) is 16.7 Å². The molecule has 0 amide bonds. The molecule has 2 rings (SSSR count). The summed E-state index contributed by atoms with van der Waals surface area (Å²) < 4.78 is 5.70. The Labute approximate surface area is 116 Å². The zero-order chi connectivity index (χ0) is 13.1. The molecule has 0 saturated heterocycles. The van der Waals surface area contributed by atoms with Gasteiger partial charge in [0.2, 0.25) is 5.88 Å². The first-order valence-corrected chi connectivity index (χ1v) is 6.32. The average Bonchev–Trinajstić information content (AvgIpc) is 2.37. The van der Waals surface area contributed by atoms with E-state index in [1.165, 1.54) is 0 Å². The second kappa shape index (κ2) is 5.55. The zero-order valence-corrected chi connectivity index (χ0v) is 11.6. The summed E-state index contributed by atoms with van der Waals surface area (Å²) in [5, 5.41) is 0.939. The first-order valence-electron chi connectivity index (χ1n) is 5.57. The lowest BCUT2D eigenvalue weighted by atomic mass is 10.3. The molecule has 0 aliphatic carbocycles. The highest BCUT2D eigenvalue weighted by Crippen LogP contribution is 2.31. The Kier molecular flexibility index (Phi) is 4.04. The summed E-state index contributed by atoms with van der Waals surface area (Å²) in [6, 6.07) is 7.23. The lowest BCUT2D eigenvalue weighted by Gasteiger charge is -2.10. The van der Waals surface area contributed by atoms with Crippen molar-refractivity contribution in [3.05, 3.63) is 45.8 Å². The van der Waals surface area contributed by atoms with E-state index in [1.54, 1.807) is 12.1 Å². The highest BCUT2D eigenvalue weighted by Gasteiger charge is 2.12. The summed E-state index contributed by atoms with van der Waals surface area (Å²) >= 11 is 12.1. The van der Waals surface area contributed by atoms with Crippen molar-refractivity contribution in [2.75, 3.05) is 0 Å². The van der Waals surface area contributed by atoms with E-state index in [1.807, 2.05) is 26.0 Å². The van der Waals surface area contributed by atoms with E-state index in [-0.39, 0.29) is 0 Å². The normalized spacial score (nSPS) is 10.4. The van der Waals surface area contributed by atoms with Crippen molar-refractivity contribution in [1.29, 1.82) is 0 Å². The van der Waals surface area contributed by atoms with Crippen molar-refractivity contribution in [3.63, 3.8) is 0 Å². The third-order valence-corrected chi connectivity index (χ3v) is 3.13. The van der Waals surface area contributed by atoms with Crippen molar-refractivity contribution < 1.29 is 4.74 Å². The quantitative estimate of drug-likeness (QED) is 0.781. The highest BCUT2D eigenvalue weighted by molar-refractivity contribution is 6.32. The molecule has 3 nitrogen and oxygen atoms in total. The molecule has 0 fully saturated rings. The largest absolute Gasteiger partial charge is 0.437 e. The van der Waals surface area contributed by atoms with Crippen LogP contribution in [-0.4, -0.2) is 9.97 Å². The maximum atomic E-state index is 6.04. The maximum absolute atomic E-state index is 6.04. The first-order chi connectivity index (χ1) is 8.61. The van der Waals surface area contributed by atoms with Crippen molar-refractivity contribution in [2.24, 2.45) is 0 Å². The lowest BCUT2D eigenvalue weighted by molar-refractivity contribution is 0.455. The number of hydrogen-bond donors (Lipinski definition) is 0. The van der Waals surface area contributed by atoms with E-state index >= 15 is 0 Å². The summed E-state index contributed by atoms with van der Waals surface area (Å²) in [6.07, 6.45) is 0.693. The van der Waals surface area contributed by atoms with Gasteiger partial charge in [0.15, 0.2) is 0 Å². The minimum atomic E-state index is 0.406. The average molecular weight is 283 g/mol. The van der Waals surface area contributed by atoms with Gasteiger partial charge in [0.05, 0.1) is 5.02 Å². The number of benzene rings is 1.